The predicted octanol–water partition coefficient (Wildman–Crippen LogP) is 9.95. The van der Waals surface area contributed by atoms with E-state index >= 15 is 0 Å². The van der Waals surface area contributed by atoms with Gasteiger partial charge >= 0.3 is 0 Å². The summed E-state index contributed by atoms with van der Waals surface area (Å²) in [5.74, 6) is 2.44. The normalized spacial score (nSPS) is 12.0. The van der Waals surface area contributed by atoms with Gasteiger partial charge < -0.3 is 9.47 Å². The summed E-state index contributed by atoms with van der Waals surface area (Å²) >= 11 is 0. The van der Waals surface area contributed by atoms with Crippen LogP contribution in [0.4, 0.5) is 0 Å². The second-order valence-corrected chi connectivity index (χ2v) is 10.5. The fourth-order valence-corrected chi connectivity index (χ4v) is 4.85. The summed E-state index contributed by atoms with van der Waals surface area (Å²) in [6.45, 7) is 7.82. The van der Waals surface area contributed by atoms with Gasteiger partial charge in [0.1, 0.15) is 18.1 Å². The quantitative estimate of drug-likeness (QED) is 0.128. The molecule has 1 atom stereocenters. The van der Waals surface area contributed by atoms with E-state index in [4.69, 9.17) is 9.47 Å². The van der Waals surface area contributed by atoms with Crippen LogP contribution in [0.25, 0.3) is 10.8 Å². The molecule has 0 amide bonds. The van der Waals surface area contributed by atoms with Gasteiger partial charge in [0.25, 0.3) is 0 Å². The second kappa shape index (κ2) is 16.1. The number of fused-ring (bicyclic) bond motifs is 1. The van der Waals surface area contributed by atoms with Gasteiger partial charge in [0, 0.05) is 17.4 Å². The molecule has 3 aromatic carbocycles. The Kier molecular flexibility index (Phi) is 12.5. The molecule has 3 heteroatoms. The van der Waals surface area contributed by atoms with Gasteiger partial charge in [-0.05, 0) is 47.6 Å². The summed E-state index contributed by atoms with van der Waals surface area (Å²) < 4.78 is 12.2. The van der Waals surface area contributed by atoms with E-state index in [9.17, 15) is 4.79 Å². The summed E-state index contributed by atoms with van der Waals surface area (Å²) in [4.78, 5) is 12.5. The number of benzene rings is 3. The topological polar surface area (TPSA) is 35.5 Å². The predicted molar refractivity (Wildman–Crippen MR) is 156 cm³/mol. The van der Waals surface area contributed by atoms with Crippen molar-refractivity contribution in [2.75, 3.05) is 6.61 Å². The van der Waals surface area contributed by atoms with E-state index in [1.54, 1.807) is 0 Å². The van der Waals surface area contributed by atoms with Crippen LogP contribution in [-0.2, 0) is 6.61 Å². The average Bonchev–Trinajstić information content (AvgIpc) is 2.91. The zero-order valence-electron chi connectivity index (χ0n) is 23.3. The minimum absolute atomic E-state index is 0.225. The average molecular weight is 503 g/mol. The van der Waals surface area contributed by atoms with Crippen molar-refractivity contribution >= 4 is 16.6 Å². The Labute approximate surface area is 224 Å². The molecule has 0 heterocycles. The molecule has 0 saturated carbocycles. The Morgan fingerprint density at radius 2 is 1.51 bits per heavy atom. The van der Waals surface area contributed by atoms with Crippen LogP contribution in [0.5, 0.6) is 11.5 Å². The maximum atomic E-state index is 12.5. The van der Waals surface area contributed by atoms with Crippen molar-refractivity contribution in [3.8, 4) is 11.5 Å². The molecule has 0 unspecified atom stereocenters. The fraction of sp³-hybridized carbons (Fsp3) is 0.500. The number of ether oxygens (including phenoxy) is 2. The lowest BCUT2D eigenvalue weighted by Crippen LogP contribution is -2.06. The molecular weight excluding hydrogens is 456 g/mol. The van der Waals surface area contributed by atoms with E-state index < -0.39 is 0 Å². The van der Waals surface area contributed by atoms with Crippen molar-refractivity contribution in [3.63, 3.8) is 0 Å². The molecule has 37 heavy (non-hydrogen) atoms. The van der Waals surface area contributed by atoms with E-state index in [1.165, 1.54) is 44.9 Å². The first-order valence-corrected chi connectivity index (χ1v) is 14.5. The summed E-state index contributed by atoms with van der Waals surface area (Å²) in [6, 6.07) is 20.2. The van der Waals surface area contributed by atoms with E-state index in [0.717, 1.165) is 59.3 Å². The van der Waals surface area contributed by atoms with Crippen molar-refractivity contribution in [1.82, 2.24) is 0 Å². The zero-order valence-corrected chi connectivity index (χ0v) is 23.3. The largest absolute Gasteiger partial charge is 0.494 e. The SMILES string of the molecule is CCCCCCCCCCOc1ccc2c(OCc3ccc(C(=O)C[C@H](C)CCC)cc3)cccc2c1. The van der Waals surface area contributed by atoms with Gasteiger partial charge in [0.2, 0.25) is 0 Å². The van der Waals surface area contributed by atoms with E-state index in [1.807, 2.05) is 42.5 Å². The molecule has 0 saturated heterocycles. The van der Waals surface area contributed by atoms with Crippen molar-refractivity contribution in [2.45, 2.75) is 98.0 Å². The molecule has 0 fully saturated rings. The number of hydrogen-bond acceptors (Lipinski definition) is 3. The molecule has 0 aliphatic rings. The molecule has 0 N–H and O–H groups in total. The maximum absolute atomic E-state index is 12.5. The lowest BCUT2D eigenvalue weighted by molar-refractivity contribution is 0.0962. The Balaban J connectivity index is 1.47. The van der Waals surface area contributed by atoms with Crippen molar-refractivity contribution in [3.05, 3.63) is 71.8 Å². The van der Waals surface area contributed by atoms with Crippen LogP contribution >= 0.6 is 0 Å². The molecule has 0 radical (unpaired) electrons. The summed E-state index contributed by atoms with van der Waals surface area (Å²) in [6.07, 6.45) is 13.3. The molecular formula is C34H46O3. The monoisotopic (exact) mass is 502 g/mol. The highest BCUT2D eigenvalue weighted by Gasteiger charge is 2.11. The van der Waals surface area contributed by atoms with Gasteiger partial charge in [-0.15, -0.1) is 0 Å². The van der Waals surface area contributed by atoms with Gasteiger partial charge in [0.05, 0.1) is 6.61 Å². The highest BCUT2D eigenvalue weighted by Crippen LogP contribution is 2.29. The molecule has 0 aromatic heterocycles. The summed E-state index contributed by atoms with van der Waals surface area (Å²) in [5.41, 5.74) is 1.84. The second-order valence-electron chi connectivity index (χ2n) is 10.5. The molecule has 3 aromatic rings. The third-order valence-electron chi connectivity index (χ3n) is 7.06. The number of unbranched alkanes of at least 4 members (excludes halogenated alkanes) is 7. The first-order valence-electron chi connectivity index (χ1n) is 14.5. The first-order chi connectivity index (χ1) is 18.1. The third-order valence-corrected chi connectivity index (χ3v) is 7.06. The van der Waals surface area contributed by atoms with Crippen LogP contribution in [0.2, 0.25) is 0 Å². The highest BCUT2D eigenvalue weighted by atomic mass is 16.5. The van der Waals surface area contributed by atoms with Gasteiger partial charge in [-0.25, -0.2) is 0 Å². The number of rotatable bonds is 18. The Morgan fingerprint density at radius 3 is 2.24 bits per heavy atom. The van der Waals surface area contributed by atoms with Gasteiger partial charge in [-0.3, -0.25) is 4.79 Å². The lowest BCUT2D eigenvalue weighted by atomic mass is 9.96. The number of hydrogen-bond donors (Lipinski definition) is 0. The first kappa shape index (κ1) is 28.8. The molecule has 0 aliphatic carbocycles. The van der Waals surface area contributed by atoms with E-state index in [0.29, 0.717) is 18.9 Å². The van der Waals surface area contributed by atoms with Gasteiger partial charge in [-0.2, -0.15) is 0 Å². The Hall–Kier alpha value is -2.81. The highest BCUT2D eigenvalue weighted by molar-refractivity contribution is 5.96. The molecule has 200 valence electrons. The molecule has 3 nitrogen and oxygen atoms in total. The molecule has 0 spiro atoms. The standard InChI is InChI=1S/C34H46O3/c1-4-6-7-8-9-10-11-12-23-36-31-21-22-32-30(25-31)15-13-16-34(32)37-26-28-17-19-29(20-18-28)33(35)24-27(3)14-5-2/h13,15-22,25,27H,4-12,14,23-24,26H2,1-3H3/t27-/m1/s1. The zero-order chi connectivity index (χ0) is 26.3. The summed E-state index contributed by atoms with van der Waals surface area (Å²) in [7, 11) is 0. The number of ketones is 1. The van der Waals surface area contributed by atoms with Crippen LogP contribution < -0.4 is 9.47 Å². The van der Waals surface area contributed by atoms with Gasteiger partial charge in [-0.1, -0.05) is 115 Å². The van der Waals surface area contributed by atoms with E-state index in [2.05, 4.69) is 39.0 Å². The number of carbonyl (C=O) groups excluding carboxylic acids is 1. The third kappa shape index (κ3) is 9.87. The smallest absolute Gasteiger partial charge is 0.163 e. The van der Waals surface area contributed by atoms with Crippen LogP contribution in [0.1, 0.15) is 107 Å². The lowest BCUT2D eigenvalue weighted by Gasteiger charge is -2.12. The van der Waals surface area contributed by atoms with Crippen LogP contribution in [0.15, 0.2) is 60.7 Å². The van der Waals surface area contributed by atoms with Gasteiger partial charge in [0.15, 0.2) is 5.78 Å². The van der Waals surface area contributed by atoms with Crippen molar-refractivity contribution in [1.29, 1.82) is 0 Å². The minimum atomic E-state index is 0.225. The van der Waals surface area contributed by atoms with Crippen LogP contribution in [0, 0.1) is 5.92 Å². The maximum Gasteiger partial charge on any atom is 0.163 e. The number of carbonyl (C=O) groups is 1. The van der Waals surface area contributed by atoms with E-state index in [-0.39, 0.29) is 5.78 Å². The fourth-order valence-electron chi connectivity index (χ4n) is 4.85. The summed E-state index contributed by atoms with van der Waals surface area (Å²) in [5, 5.41) is 2.20. The Bertz CT molecular complexity index is 1070. The van der Waals surface area contributed by atoms with Crippen LogP contribution in [0.3, 0.4) is 0 Å². The Morgan fingerprint density at radius 1 is 0.784 bits per heavy atom. The van der Waals surface area contributed by atoms with Crippen LogP contribution in [-0.4, -0.2) is 12.4 Å². The molecule has 0 bridgehead atoms. The minimum Gasteiger partial charge on any atom is -0.494 e. The molecule has 0 aliphatic heterocycles. The van der Waals surface area contributed by atoms with Crippen molar-refractivity contribution < 1.29 is 14.3 Å². The number of Topliss-reactive ketones (excluding diaryl/α,β-unsaturated/α-hetero) is 1. The van der Waals surface area contributed by atoms with Crippen molar-refractivity contribution in [2.24, 2.45) is 5.92 Å². The molecule has 3 rings (SSSR count).